The van der Waals surface area contributed by atoms with Gasteiger partial charge in [0.15, 0.2) is 0 Å². The van der Waals surface area contributed by atoms with E-state index in [0.717, 1.165) is 5.56 Å². The van der Waals surface area contributed by atoms with Crippen LogP contribution in [-0.2, 0) is 11.3 Å². The van der Waals surface area contributed by atoms with Gasteiger partial charge in [-0.25, -0.2) is 0 Å². The summed E-state index contributed by atoms with van der Waals surface area (Å²) in [7, 11) is 0. The Kier molecular flexibility index (Phi) is 4.21. The predicted molar refractivity (Wildman–Crippen MR) is 63.0 cm³/mol. The zero-order valence-electron chi connectivity index (χ0n) is 10.3. The number of amides is 1. The van der Waals surface area contributed by atoms with Crippen LogP contribution in [0, 0.1) is 0 Å². The largest absolute Gasteiger partial charge is 0.347 e. The van der Waals surface area contributed by atoms with Crippen LogP contribution in [0.25, 0.3) is 0 Å². The monoisotopic (exact) mass is 241 g/mol. The molecule has 94 valence electrons. The number of halogens is 2. The number of hydrogen-bond donors (Lipinski definition) is 1. The Hall–Kier alpha value is -1.45. The van der Waals surface area contributed by atoms with Crippen molar-refractivity contribution < 1.29 is 13.6 Å². The number of alkyl halides is 2. The second-order valence-corrected chi connectivity index (χ2v) is 4.47. The lowest BCUT2D eigenvalue weighted by atomic mass is 10.0. The van der Waals surface area contributed by atoms with Gasteiger partial charge in [0, 0.05) is 13.5 Å². The first-order chi connectivity index (χ1) is 7.80. The molecule has 17 heavy (non-hydrogen) atoms. The highest BCUT2D eigenvalue weighted by atomic mass is 19.3. The number of rotatable bonds is 4. The predicted octanol–water partition coefficient (Wildman–Crippen LogP) is 3.08. The Bertz CT molecular complexity index is 379. The Balaban J connectivity index is 2.56. The van der Waals surface area contributed by atoms with E-state index in [4.69, 9.17) is 0 Å². The quantitative estimate of drug-likeness (QED) is 0.862. The first kappa shape index (κ1) is 13.6. The topological polar surface area (TPSA) is 29.1 Å². The van der Waals surface area contributed by atoms with Gasteiger partial charge < -0.3 is 5.32 Å². The van der Waals surface area contributed by atoms with Gasteiger partial charge in [0.25, 0.3) is 5.91 Å². The van der Waals surface area contributed by atoms with Gasteiger partial charge in [-0.1, -0.05) is 38.1 Å². The van der Waals surface area contributed by atoms with Crippen LogP contribution in [0.3, 0.4) is 0 Å². The second-order valence-electron chi connectivity index (χ2n) is 4.47. The molecule has 1 amide bonds. The van der Waals surface area contributed by atoms with Crippen LogP contribution in [-0.4, -0.2) is 11.8 Å². The van der Waals surface area contributed by atoms with Crippen molar-refractivity contribution in [3.63, 3.8) is 0 Å². The summed E-state index contributed by atoms with van der Waals surface area (Å²) in [6, 6.07) is 7.55. The van der Waals surface area contributed by atoms with Gasteiger partial charge in [-0.15, -0.1) is 0 Å². The average Bonchev–Trinajstić information content (AvgIpc) is 2.25. The molecule has 0 atom stereocenters. The fourth-order valence-electron chi connectivity index (χ4n) is 1.36. The molecular formula is C13H17F2NO. The van der Waals surface area contributed by atoms with Gasteiger partial charge in [-0.2, -0.15) is 8.78 Å². The maximum Gasteiger partial charge on any atom is 0.321 e. The Morgan fingerprint density at radius 1 is 1.29 bits per heavy atom. The summed E-state index contributed by atoms with van der Waals surface area (Å²) in [5.41, 5.74) is 1.99. The van der Waals surface area contributed by atoms with Crippen LogP contribution < -0.4 is 5.32 Å². The van der Waals surface area contributed by atoms with Gasteiger partial charge in [-0.3, -0.25) is 4.79 Å². The van der Waals surface area contributed by atoms with E-state index in [0.29, 0.717) is 12.8 Å². The van der Waals surface area contributed by atoms with Crippen molar-refractivity contribution in [2.24, 2.45) is 0 Å². The minimum absolute atomic E-state index is 0.126. The molecule has 4 heteroatoms. The lowest BCUT2D eigenvalue weighted by molar-refractivity contribution is -0.143. The van der Waals surface area contributed by atoms with E-state index in [2.05, 4.69) is 19.2 Å². The standard InChI is InChI=1S/C13H17F2NO/c1-9(2)11-6-4-10(5-7-11)8-16-12(17)13(3,14)15/h4-7,9H,8H2,1-3H3,(H,16,17). The molecule has 0 aromatic heterocycles. The number of hydrogen-bond acceptors (Lipinski definition) is 1. The van der Waals surface area contributed by atoms with E-state index in [1.165, 1.54) is 5.56 Å². The number of nitrogens with one attached hydrogen (secondary N) is 1. The van der Waals surface area contributed by atoms with E-state index < -0.39 is 11.8 Å². The third-order valence-electron chi connectivity index (χ3n) is 2.50. The zero-order valence-corrected chi connectivity index (χ0v) is 10.3. The van der Waals surface area contributed by atoms with Crippen LogP contribution in [0.1, 0.15) is 37.8 Å². The fourth-order valence-corrected chi connectivity index (χ4v) is 1.36. The highest BCUT2D eigenvalue weighted by Crippen LogP contribution is 2.15. The summed E-state index contributed by atoms with van der Waals surface area (Å²) >= 11 is 0. The molecule has 1 N–H and O–H groups in total. The smallest absolute Gasteiger partial charge is 0.321 e. The molecule has 1 aromatic carbocycles. The molecule has 0 radical (unpaired) electrons. The molecule has 1 rings (SSSR count). The Morgan fingerprint density at radius 2 is 1.82 bits per heavy atom. The SMILES string of the molecule is CC(C)c1ccc(CNC(=O)C(C)(F)F)cc1. The second kappa shape index (κ2) is 5.25. The van der Waals surface area contributed by atoms with Gasteiger partial charge in [0.2, 0.25) is 0 Å². The lowest BCUT2D eigenvalue weighted by Crippen LogP contribution is -2.37. The molecule has 0 unspecified atom stereocenters. The molecule has 1 aromatic rings. The van der Waals surface area contributed by atoms with Crippen LogP contribution in [0.4, 0.5) is 8.78 Å². The summed E-state index contributed by atoms with van der Waals surface area (Å²) in [6.45, 7) is 4.87. The van der Waals surface area contributed by atoms with Crippen LogP contribution in [0.15, 0.2) is 24.3 Å². The maximum atomic E-state index is 12.6. The summed E-state index contributed by atoms with van der Waals surface area (Å²) in [4.78, 5) is 11.0. The normalized spacial score (nSPS) is 11.6. The maximum absolute atomic E-state index is 12.6. The minimum Gasteiger partial charge on any atom is -0.347 e. The molecule has 0 aliphatic rings. The van der Waals surface area contributed by atoms with Crippen molar-refractivity contribution in [2.75, 3.05) is 0 Å². The van der Waals surface area contributed by atoms with Crippen LogP contribution in [0.2, 0.25) is 0 Å². The molecule has 0 bridgehead atoms. The Labute approximate surface area is 100 Å². The van der Waals surface area contributed by atoms with E-state index in [1.807, 2.05) is 24.3 Å². The molecule has 0 heterocycles. The molecule has 0 saturated heterocycles. The van der Waals surface area contributed by atoms with E-state index in [-0.39, 0.29) is 6.54 Å². The van der Waals surface area contributed by atoms with Crippen molar-refractivity contribution >= 4 is 5.91 Å². The highest BCUT2D eigenvalue weighted by Gasteiger charge is 2.31. The molecule has 0 aliphatic carbocycles. The molecule has 0 spiro atoms. The lowest BCUT2D eigenvalue weighted by Gasteiger charge is -2.11. The summed E-state index contributed by atoms with van der Waals surface area (Å²) in [6.07, 6.45) is 0. The first-order valence-corrected chi connectivity index (χ1v) is 5.55. The van der Waals surface area contributed by atoms with Gasteiger partial charge in [-0.05, 0) is 17.0 Å². The van der Waals surface area contributed by atoms with Crippen molar-refractivity contribution in [1.82, 2.24) is 5.32 Å². The van der Waals surface area contributed by atoms with Crippen molar-refractivity contribution in [2.45, 2.75) is 39.2 Å². The summed E-state index contributed by atoms with van der Waals surface area (Å²) < 4.78 is 25.2. The molecular weight excluding hydrogens is 224 g/mol. The highest BCUT2D eigenvalue weighted by molar-refractivity contribution is 5.82. The molecule has 0 aliphatic heterocycles. The van der Waals surface area contributed by atoms with Gasteiger partial charge in [0.1, 0.15) is 0 Å². The van der Waals surface area contributed by atoms with Crippen molar-refractivity contribution in [3.8, 4) is 0 Å². The number of carbonyl (C=O) groups is 1. The van der Waals surface area contributed by atoms with Crippen LogP contribution in [0.5, 0.6) is 0 Å². The van der Waals surface area contributed by atoms with Crippen molar-refractivity contribution in [1.29, 1.82) is 0 Å². The molecule has 2 nitrogen and oxygen atoms in total. The minimum atomic E-state index is -3.32. The fraction of sp³-hybridized carbons (Fsp3) is 0.462. The summed E-state index contributed by atoms with van der Waals surface area (Å²) in [5, 5.41) is 2.20. The summed E-state index contributed by atoms with van der Waals surface area (Å²) in [5.74, 6) is -4.14. The third-order valence-corrected chi connectivity index (χ3v) is 2.50. The van der Waals surface area contributed by atoms with Crippen LogP contribution >= 0.6 is 0 Å². The van der Waals surface area contributed by atoms with E-state index in [9.17, 15) is 13.6 Å². The zero-order chi connectivity index (χ0) is 13.1. The molecule has 0 fully saturated rings. The van der Waals surface area contributed by atoms with Gasteiger partial charge in [0.05, 0.1) is 0 Å². The molecule has 0 saturated carbocycles. The number of benzene rings is 1. The Morgan fingerprint density at radius 3 is 2.24 bits per heavy atom. The number of carbonyl (C=O) groups excluding carboxylic acids is 1. The first-order valence-electron chi connectivity index (χ1n) is 5.55. The average molecular weight is 241 g/mol. The third kappa shape index (κ3) is 4.13. The van der Waals surface area contributed by atoms with Gasteiger partial charge >= 0.3 is 5.92 Å². The van der Waals surface area contributed by atoms with E-state index in [1.54, 1.807) is 0 Å². The van der Waals surface area contributed by atoms with E-state index >= 15 is 0 Å². The van der Waals surface area contributed by atoms with Crippen molar-refractivity contribution in [3.05, 3.63) is 35.4 Å².